The zero-order chi connectivity index (χ0) is 13.1. The fourth-order valence-electron chi connectivity index (χ4n) is 2.65. The van der Waals surface area contributed by atoms with Crippen molar-refractivity contribution < 1.29 is 9.47 Å². The lowest BCUT2D eigenvalue weighted by atomic mass is 10.1. The van der Waals surface area contributed by atoms with Gasteiger partial charge < -0.3 is 14.8 Å². The summed E-state index contributed by atoms with van der Waals surface area (Å²) in [5, 5.41) is 3.55. The lowest BCUT2D eigenvalue weighted by molar-refractivity contribution is 0.206. The number of nitrogens with one attached hydrogen (secondary N) is 1. The SMILES string of the molecule is COc1ccc(CNC2CC2)c(OC2CCCC2)c1. The average Bonchev–Trinajstić information content (AvgIpc) is 3.13. The van der Waals surface area contributed by atoms with Gasteiger partial charge >= 0.3 is 0 Å². The zero-order valence-electron chi connectivity index (χ0n) is 11.7. The topological polar surface area (TPSA) is 30.5 Å². The minimum Gasteiger partial charge on any atom is -0.497 e. The Balaban J connectivity index is 1.71. The van der Waals surface area contributed by atoms with E-state index >= 15 is 0 Å². The monoisotopic (exact) mass is 261 g/mol. The second-order valence-electron chi connectivity index (χ2n) is 5.65. The van der Waals surface area contributed by atoms with Gasteiger partial charge in [0.05, 0.1) is 13.2 Å². The first-order chi connectivity index (χ1) is 9.35. The molecule has 0 aliphatic heterocycles. The number of benzene rings is 1. The highest BCUT2D eigenvalue weighted by molar-refractivity contribution is 5.41. The summed E-state index contributed by atoms with van der Waals surface area (Å²) in [4.78, 5) is 0. The molecule has 104 valence electrons. The third-order valence-electron chi connectivity index (χ3n) is 4.03. The van der Waals surface area contributed by atoms with Gasteiger partial charge in [0.15, 0.2) is 0 Å². The molecular formula is C16H23NO2. The summed E-state index contributed by atoms with van der Waals surface area (Å²) in [6.45, 7) is 0.900. The van der Waals surface area contributed by atoms with E-state index in [4.69, 9.17) is 9.47 Å². The van der Waals surface area contributed by atoms with Crippen LogP contribution in [0.5, 0.6) is 11.5 Å². The number of rotatable bonds is 6. The van der Waals surface area contributed by atoms with E-state index in [9.17, 15) is 0 Å². The van der Waals surface area contributed by atoms with Crippen LogP contribution in [-0.2, 0) is 6.54 Å². The molecule has 3 heteroatoms. The molecular weight excluding hydrogens is 238 g/mol. The minimum absolute atomic E-state index is 0.395. The second-order valence-corrected chi connectivity index (χ2v) is 5.65. The first-order valence-corrected chi connectivity index (χ1v) is 7.42. The van der Waals surface area contributed by atoms with E-state index in [1.54, 1.807) is 7.11 Å². The van der Waals surface area contributed by atoms with Gasteiger partial charge in [-0.05, 0) is 44.6 Å². The van der Waals surface area contributed by atoms with Crippen molar-refractivity contribution in [3.05, 3.63) is 23.8 Å². The summed E-state index contributed by atoms with van der Waals surface area (Å²) in [5.41, 5.74) is 1.25. The van der Waals surface area contributed by atoms with Crippen LogP contribution in [0.3, 0.4) is 0 Å². The van der Waals surface area contributed by atoms with Gasteiger partial charge in [0.1, 0.15) is 11.5 Å². The third-order valence-corrected chi connectivity index (χ3v) is 4.03. The van der Waals surface area contributed by atoms with E-state index in [1.807, 2.05) is 12.1 Å². The van der Waals surface area contributed by atoms with Crippen molar-refractivity contribution in [1.82, 2.24) is 5.32 Å². The summed E-state index contributed by atoms with van der Waals surface area (Å²) in [7, 11) is 1.71. The highest BCUT2D eigenvalue weighted by atomic mass is 16.5. The predicted octanol–water partition coefficient (Wildman–Crippen LogP) is 3.27. The van der Waals surface area contributed by atoms with Gasteiger partial charge in [-0.15, -0.1) is 0 Å². The fraction of sp³-hybridized carbons (Fsp3) is 0.625. The molecule has 0 amide bonds. The minimum atomic E-state index is 0.395. The van der Waals surface area contributed by atoms with Gasteiger partial charge in [0.25, 0.3) is 0 Å². The number of hydrogen-bond acceptors (Lipinski definition) is 3. The molecule has 1 aromatic carbocycles. The van der Waals surface area contributed by atoms with Gasteiger partial charge in [-0.1, -0.05) is 6.07 Å². The molecule has 2 aliphatic carbocycles. The highest BCUT2D eigenvalue weighted by Crippen LogP contribution is 2.30. The van der Waals surface area contributed by atoms with Crippen LogP contribution in [0, 0.1) is 0 Å². The number of hydrogen-bond donors (Lipinski definition) is 1. The lowest BCUT2D eigenvalue weighted by Gasteiger charge is -2.17. The summed E-state index contributed by atoms with van der Waals surface area (Å²) >= 11 is 0. The first kappa shape index (κ1) is 12.8. The molecule has 0 saturated heterocycles. The van der Waals surface area contributed by atoms with E-state index in [-0.39, 0.29) is 0 Å². The highest BCUT2D eigenvalue weighted by Gasteiger charge is 2.22. The van der Waals surface area contributed by atoms with E-state index < -0.39 is 0 Å². The maximum absolute atomic E-state index is 6.18. The molecule has 1 N–H and O–H groups in total. The van der Waals surface area contributed by atoms with Crippen LogP contribution in [0.2, 0.25) is 0 Å². The molecule has 2 aliphatic rings. The van der Waals surface area contributed by atoms with Crippen LogP contribution >= 0.6 is 0 Å². The Kier molecular flexibility index (Phi) is 3.92. The van der Waals surface area contributed by atoms with Crippen molar-refractivity contribution in [1.29, 1.82) is 0 Å². The summed E-state index contributed by atoms with van der Waals surface area (Å²) < 4.78 is 11.5. The molecule has 0 spiro atoms. The maximum Gasteiger partial charge on any atom is 0.127 e. The molecule has 0 heterocycles. The van der Waals surface area contributed by atoms with Crippen molar-refractivity contribution in [3.8, 4) is 11.5 Å². The van der Waals surface area contributed by atoms with Gasteiger partial charge in [0, 0.05) is 24.2 Å². The molecule has 0 bridgehead atoms. The summed E-state index contributed by atoms with van der Waals surface area (Å²) in [6.07, 6.45) is 7.99. The first-order valence-electron chi connectivity index (χ1n) is 7.42. The smallest absolute Gasteiger partial charge is 0.127 e. The molecule has 2 fully saturated rings. The van der Waals surface area contributed by atoms with Gasteiger partial charge in [0.2, 0.25) is 0 Å². The Hall–Kier alpha value is -1.22. The van der Waals surface area contributed by atoms with Gasteiger partial charge in [-0.25, -0.2) is 0 Å². The Morgan fingerprint density at radius 3 is 2.63 bits per heavy atom. The zero-order valence-corrected chi connectivity index (χ0v) is 11.7. The summed E-state index contributed by atoms with van der Waals surface area (Å²) in [6, 6.07) is 6.90. The quantitative estimate of drug-likeness (QED) is 0.852. The molecule has 2 saturated carbocycles. The Bertz CT molecular complexity index is 423. The van der Waals surface area contributed by atoms with Crippen molar-refractivity contribution in [2.24, 2.45) is 0 Å². The Morgan fingerprint density at radius 1 is 1.16 bits per heavy atom. The fourth-order valence-corrected chi connectivity index (χ4v) is 2.65. The molecule has 0 unspecified atom stereocenters. The molecule has 1 aromatic rings. The van der Waals surface area contributed by atoms with Gasteiger partial charge in [-0.2, -0.15) is 0 Å². The van der Waals surface area contributed by atoms with Crippen molar-refractivity contribution in [3.63, 3.8) is 0 Å². The van der Waals surface area contributed by atoms with E-state index in [1.165, 1.54) is 44.1 Å². The summed E-state index contributed by atoms with van der Waals surface area (Å²) in [5.74, 6) is 1.88. The lowest BCUT2D eigenvalue weighted by Crippen LogP contribution is -2.18. The van der Waals surface area contributed by atoms with E-state index in [0.29, 0.717) is 6.10 Å². The third kappa shape index (κ3) is 3.41. The number of ether oxygens (including phenoxy) is 2. The molecule has 0 aromatic heterocycles. The molecule has 3 nitrogen and oxygen atoms in total. The Morgan fingerprint density at radius 2 is 1.95 bits per heavy atom. The normalized spacial score (nSPS) is 19.6. The Labute approximate surface area is 115 Å². The molecule has 19 heavy (non-hydrogen) atoms. The largest absolute Gasteiger partial charge is 0.497 e. The standard InChI is InChI=1S/C16H23NO2/c1-18-15-9-6-12(11-17-13-7-8-13)16(10-15)19-14-4-2-3-5-14/h6,9-10,13-14,17H,2-5,7-8,11H2,1H3. The predicted molar refractivity (Wildman–Crippen MR) is 75.7 cm³/mol. The van der Waals surface area contributed by atoms with Crippen molar-refractivity contribution in [2.75, 3.05) is 7.11 Å². The van der Waals surface area contributed by atoms with E-state index in [0.717, 1.165) is 24.1 Å². The van der Waals surface area contributed by atoms with Crippen LogP contribution in [-0.4, -0.2) is 19.3 Å². The van der Waals surface area contributed by atoms with Crippen molar-refractivity contribution in [2.45, 2.75) is 57.2 Å². The van der Waals surface area contributed by atoms with Crippen molar-refractivity contribution >= 4 is 0 Å². The molecule has 0 atom stereocenters. The van der Waals surface area contributed by atoms with E-state index in [2.05, 4.69) is 11.4 Å². The van der Waals surface area contributed by atoms with Crippen LogP contribution in [0.4, 0.5) is 0 Å². The van der Waals surface area contributed by atoms with Crippen LogP contribution in [0.15, 0.2) is 18.2 Å². The molecule has 3 rings (SSSR count). The van der Waals surface area contributed by atoms with Crippen LogP contribution in [0.25, 0.3) is 0 Å². The second kappa shape index (κ2) is 5.83. The van der Waals surface area contributed by atoms with Crippen LogP contribution in [0.1, 0.15) is 44.1 Å². The molecule has 0 radical (unpaired) electrons. The van der Waals surface area contributed by atoms with Gasteiger partial charge in [-0.3, -0.25) is 0 Å². The average molecular weight is 261 g/mol. The maximum atomic E-state index is 6.18. The van der Waals surface area contributed by atoms with Crippen LogP contribution < -0.4 is 14.8 Å². The number of methoxy groups -OCH3 is 1.